The Hall–Kier alpha value is -4.00. The third-order valence-corrected chi connectivity index (χ3v) is 6.80. The first-order valence-corrected chi connectivity index (χ1v) is 12.8. The number of carbonyl (C=O) groups excluding carboxylic acids is 1. The van der Waals surface area contributed by atoms with Crippen LogP contribution in [-0.4, -0.2) is 20.0 Å². The van der Waals surface area contributed by atoms with E-state index in [0.29, 0.717) is 33.6 Å². The second-order valence-electron chi connectivity index (χ2n) is 7.48. The van der Waals surface area contributed by atoms with E-state index in [1.165, 1.54) is 35.8 Å². The Bertz CT molecular complexity index is 1290. The van der Waals surface area contributed by atoms with Crippen LogP contribution in [0, 0.1) is 0 Å². The lowest BCUT2D eigenvalue weighted by Crippen LogP contribution is -2.36. The number of Topliss-reactive ketones (excluding diaryl/α,β-unsaturated/α-hetero) is 1. The van der Waals surface area contributed by atoms with Crippen LogP contribution in [0.3, 0.4) is 0 Å². The third-order valence-electron chi connectivity index (χ3n) is 4.85. The Morgan fingerprint density at radius 3 is 1.65 bits per heavy atom. The largest absolute Gasteiger partial charge is 0.872 e. The number of nitrogens with zero attached hydrogens (tertiary/aromatic N) is 1. The normalized spacial score (nSPS) is 10.5. The number of ether oxygens (including phenoxy) is 2. The Labute approximate surface area is 220 Å². The van der Waals surface area contributed by atoms with Gasteiger partial charge in [0, 0.05) is 11.1 Å². The minimum Gasteiger partial charge on any atom is -0.872 e. The summed E-state index contributed by atoms with van der Waals surface area (Å²) < 4.78 is 36.9. The van der Waals surface area contributed by atoms with Crippen molar-refractivity contribution in [3.05, 3.63) is 108 Å². The number of pyridine rings is 1. The fourth-order valence-corrected chi connectivity index (χ4v) is 4.55. The Morgan fingerprint density at radius 1 is 0.784 bits per heavy atom. The monoisotopic (exact) mass is 541 g/mol. The van der Waals surface area contributed by atoms with Crippen LogP contribution in [0.2, 0.25) is 5.02 Å². The standard InChI is InChI=1S/C21H21NO6P.C6H5ClO/c1-16(23)17-5-4-14-22(15-17)29(24,27-20-10-6-18(25-2)7-11-20)28-21-12-8-19(26-3)9-13-21;7-5-1-3-6(8)4-2-5/h4-15H,1-3H3;1-4,8H/q+1;/p-1. The van der Waals surface area contributed by atoms with E-state index < -0.39 is 7.75 Å². The molecular weight excluding hydrogens is 517 g/mol. The van der Waals surface area contributed by atoms with Gasteiger partial charge in [0.05, 0.1) is 19.8 Å². The molecule has 0 spiro atoms. The molecule has 0 radical (unpaired) electrons. The molecule has 3 aromatic carbocycles. The maximum atomic E-state index is 13.8. The summed E-state index contributed by atoms with van der Waals surface area (Å²) in [5.41, 5.74) is 0.379. The number of carbonyl (C=O) groups is 1. The lowest BCUT2D eigenvalue weighted by Gasteiger charge is -2.14. The second-order valence-corrected chi connectivity index (χ2v) is 9.69. The van der Waals surface area contributed by atoms with Gasteiger partial charge in [-0.05, 0) is 73.7 Å². The number of rotatable bonds is 8. The molecule has 0 fully saturated rings. The minimum absolute atomic E-state index is 0.00519. The highest BCUT2D eigenvalue weighted by Crippen LogP contribution is 2.44. The summed E-state index contributed by atoms with van der Waals surface area (Å²) in [6, 6.07) is 22.5. The molecule has 37 heavy (non-hydrogen) atoms. The summed E-state index contributed by atoms with van der Waals surface area (Å²) in [5.74, 6) is 1.74. The number of ketones is 1. The Kier molecular flexibility index (Phi) is 9.55. The topological polar surface area (TPSA) is 98.0 Å². The number of hydrogen-bond acceptors (Lipinski definition) is 7. The average Bonchev–Trinajstić information content (AvgIpc) is 2.91. The van der Waals surface area contributed by atoms with Gasteiger partial charge in [-0.15, -0.1) is 5.75 Å². The van der Waals surface area contributed by atoms with Crippen molar-refractivity contribution < 1.29 is 37.3 Å². The number of hydrogen-bond donors (Lipinski definition) is 0. The van der Waals surface area contributed by atoms with Gasteiger partial charge in [-0.3, -0.25) is 4.79 Å². The van der Waals surface area contributed by atoms with Gasteiger partial charge >= 0.3 is 7.75 Å². The molecule has 0 aliphatic rings. The van der Waals surface area contributed by atoms with E-state index in [1.54, 1.807) is 87.0 Å². The van der Waals surface area contributed by atoms with Crippen molar-refractivity contribution in [1.29, 1.82) is 0 Å². The van der Waals surface area contributed by atoms with Crippen LogP contribution >= 0.6 is 19.3 Å². The smallest absolute Gasteiger partial charge is 0.728 e. The summed E-state index contributed by atoms with van der Waals surface area (Å²) in [6.07, 6.45) is 2.97. The average molecular weight is 542 g/mol. The SMILES string of the molecule is COc1ccc(OP(=O)(Oc2ccc(OC)cc2)[n+]2cccc(C(C)=O)c2)cc1.[O-]c1ccc(Cl)cc1. The van der Waals surface area contributed by atoms with Crippen molar-refractivity contribution in [3.8, 4) is 28.7 Å². The minimum atomic E-state index is -3.95. The summed E-state index contributed by atoms with van der Waals surface area (Å²) in [4.78, 5) is 11.8. The Morgan fingerprint density at radius 2 is 1.24 bits per heavy atom. The molecule has 10 heteroatoms. The van der Waals surface area contributed by atoms with Crippen molar-refractivity contribution in [2.75, 3.05) is 14.2 Å². The van der Waals surface area contributed by atoms with Crippen LogP contribution in [0.1, 0.15) is 17.3 Å². The molecule has 0 amide bonds. The number of aromatic nitrogens is 1. The molecule has 8 nitrogen and oxygen atoms in total. The number of methoxy groups -OCH3 is 2. The van der Waals surface area contributed by atoms with Gasteiger partial charge in [0.25, 0.3) is 0 Å². The van der Waals surface area contributed by atoms with Crippen molar-refractivity contribution in [2.24, 2.45) is 0 Å². The first kappa shape index (κ1) is 27.6. The maximum absolute atomic E-state index is 13.8. The van der Waals surface area contributed by atoms with Crippen LogP contribution in [-0.2, 0) is 4.57 Å². The zero-order valence-corrected chi connectivity index (χ0v) is 22.0. The lowest BCUT2D eigenvalue weighted by molar-refractivity contribution is -0.536. The van der Waals surface area contributed by atoms with Gasteiger partial charge in [-0.1, -0.05) is 28.1 Å². The van der Waals surface area contributed by atoms with Crippen molar-refractivity contribution in [2.45, 2.75) is 6.92 Å². The molecule has 0 atom stereocenters. The first-order valence-electron chi connectivity index (χ1n) is 11.0. The zero-order chi connectivity index (χ0) is 26.8. The molecule has 0 N–H and O–H groups in total. The van der Waals surface area contributed by atoms with Gasteiger partial charge in [-0.25, -0.2) is 0 Å². The van der Waals surface area contributed by atoms with Crippen molar-refractivity contribution >= 4 is 25.1 Å². The van der Waals surface area contributed by atoms with Crippen molar-refractivity contribution in [3.63, 3.8) is 0 Å². The van der Waals surface area contributed by atoms with Gasteiger partial charge in [0.2, 0.25) is 0 Å². The van der Waals surface area contributed by atoms with Gasteiger partial charge in [0.1, 0.15) is 23.0 Å². The molecule has 1 aromatic heterocycles. The Balaban J connectivity index is 0.000000405. The highest BCUT2D eigenvalue weighted by molar-refractivity contribution is 7.47. The van der Waals surface area contributed by atoms with Crippen LogP contribution in [0.4, 0.5) is 0 Å². The van der Waals surface area contributed by atoms with E-state index in [4.69, 9.17) is 30.1 Å². The molecule has 0 unspecified atom stereocenters. The predicted molar refractivity (Wildman–Crippen MR) is 138 cm³/mol. The van der Waals surface area contributed by atoms with Crippen LogP contribution in [0.5, 0.6) is 28.7 Å². The zero-order valence-electron chi connectivity index (χ0n) is 20.4. The summed E-state index contributed by atoms with van der Waals surface area (Å²) in [7, 11) is -0.842. The van der Waals surface area contributed by atoms with Crippen LogP contribution in [0.15, 0.2) is 97.3 Å². The number of halogens is 1. The van der Waals surface area contributed by atoms with Crippen LogP contribution in [0.25, 0.3) is 0 Å². The van der Waals surface area contributed by atoms with Gasteiger partial charge < -0.3 is 23.6 Å². The van der Waals surface area contributed by atoms with E-state index in [0.717, 1.165) is 0 Å². The molecule has 192 valence electrons. The highest BCUT2D eigenvalue weighted by Gasteiger charge is 2.42. The van der Waals surface area contributed by atoms with Crippen LogP contribution < -0.4 is 28.0 Å². The molecular formula is C27H25ClNO7P. The van der Waals surface area contributed by atoms with Crippen molar-refractivity contribution in [1.82, 2.24) is 0 Å². The first-order chi connectivity index (χ1) is 17.7. The fraction of sp³-hybridized carbons (Fsp3) is 0.111. The quantitative estimate of drug-likeness (QED) is 0.208. The summed E-state index contributed by atoms with van der Waals surface area (Å²) in [6.45, 7) is 1.43. The molecule has 4 aromatic rings. The molecule has 1 heterocycles. The molecule has 0 aliphatic carbocycles. The maximum Gasteiger partial charge on any atom is 0.728 e. The van der Waals surface area contributed by atoms with E-state index in [9.17, 15) is 14.5 Å². The summed E-state index contributed by atoms with van der Waals surface area (Å²) >= 11 is 5.47. The molecule has 0 saturated heterocycles. The predicted octanol–water partition coefficient (Wildman–Crippen LogP) is 5.72. The fourth-order valence-electron chi connectivity index (χ4n) is 2.91. The molecule has 0 aliphatic heterocycles. The second kappa shape index (κ2) is 12.8. The van der Waals surface area contributed by atoms with E-state index in [2.05, 4.69) is 0 Å². The highest BCUT2D eigenvalue weighted by atomic mass is 35.5. The number of benzene rings is 3. The third kappa shape index (κ3) is 8.00. The van der Waals surface area contributed by atoms with E-state index >= 15 is 0 Å². The van der Waals surface area contributed by atoms with Gasteiger partial charge in [-0.2, -0.15) is 4.57 Å². The molecule has 0 bridgehead atoms. The van der Waals surface area contributed by atoms with E-state index in [1.807, 2.05) is 0 Å². The molecule has 4 rings (SSSR count). The molecule has 0 saturated carbocycles. The van der Waals surface area contributed by atoms with E-state index in [-0.39, 0.29) is 11.5 Å². The lowest BCUT2D eigenvalue weighted by atomic mass is 10.2. The summed E-state index contributed by atoms with van der Waals surface area (Å²) in [5, 5.41) is 11.0. The van der Waals surface area contributed by atoms with Gasteiger partial charge in [0.15, 0.2) is 18.2 Å².